The number of rotatable bonds is 7. The maximum absolute atomic E-state index is 14.1. The second kappa shape index (κ2) is 9.17. The normalized spacial score (nSPS) is 17.8. The Morgan fingerprint density at radius 3 is 2.53 bits per heavy atom. The van der Waals surface area contributed by atoms with E-state index in [2.05, 4.69) is 10.2 Å². The number of halogens is 3. The van der Waals surface area contributed by atoms with Crippen LogP contribution < -0.4 is 4.90 Å². The molecule has 0 spiro atoms. The zero-order valence-corrected chi connectivity index (χ0v) is 21.6. The number of aromatic nitrogens is 3. The summed E-state index contributed by atoms with van der Waals surface area (Å²) in [5.74, 6) is 0.152. The predicted octanol–water partition coefficient (Wildman–Crippen LogP) is 3.54. The van der Waals surface area contributed by atoms with Gasteiger partial charge in [-0.1, -0.05) is 12.1 Å². The fourth-order valence-electron chi connectivity index (χ4n) is 4.94. The molecule has 3 heterocycles. The van der Waals surface area contributed by atoms with Crippen LogP contribution in [0.15, 0.2) is 42.7 Å². The zero-order valence-electron chi connectivity index (χ0n) is 20.8. The lowest BCUT2D eigenvalue weighted by molar-refractivity contribution is -0.138. The van der Waals surface area contributed by atoms with E-state index in [1.54, 1.807) is 24.5 Å². The largest absolute Gasteiger partial charge is 0.416 e. The van der Waals surface area contributed by atoms with E-state index < -0.39 is 39.3 Å². The molecular formula is C25H25F3N4O5S. The van der Waals surface area contributed by atoms with E-state index in [9.17, 15) is 26.4 Å². The van der Waals surface area contributed by atoms with Crippen LogP contribution in [0.2, 0.25) is 0 Å². The topological polar surface area (TPSA) is 104 Å². The summed E-state index contributed by atoms with van der Waals surface area (Å²) in [5.41, 5.74) is -0.432. The van der Waals surface area contributed by atoms with Gasteiger partial charge in [-0.15, -0.1) is 10.2 Å². The van der Waals surface area contributed by atoms with Crippen molar-refractivity contribution in [3.8, 4) is 0 Å². The lowest BCUT2D eigenvalue weighted by atomic mass is 9.75. The fourth-order valence-corrected chi connectivity index (χ4v) is 5.57. The highest BCUT2D eigenvalue weighted by Gasteiger charge is 2.44. The van der Waals surface area contributed by atoms with E-state index >= 15 is 0 Å². The first kappa shape index (κ1) is 26.3. The molecule has 3 aromatic rings. The number of nitrogens with zero attached hydrogens (tertiary/aromatic N) is 4. The number of benzene rings is 2. The summed E-state index contributed by atoms with van der Waals surface area (Å²) in [6.07, 6.45) is -3.01. The third kappa shape index (κ3) is 4.81. The first-order valence-corrected chi connectivity index (χ1v) is 13.5. The summed E-state index contributed by atoms with van der Waals surface area (Å²) < 4.78 is 77.5. The van der Waals surface area contributed by atoms with E-state index in [-0.39, 0.29) is 23.2 Å². The van der Waals surface area contributed by atoms with Crippen LogP contribution in [0.4, 0.5) is 18.9 Å². The van der Waals surface area contributed by atoms with Crippen molar-refractivity contribution in [1.82, 2.24) is 14.8 Å². The molecule has 202 valence electrons. The summed E-state index contributed by atoms with van der Waals surface area (Å²) in [6, 6.07) is 9.26. The van der Waals surface area contributed by atoms with Crippen molar-refractivity contribution in [2.45, 2.75) is 37.6 Å². The lowest BCUT2D eigenvalue weighted by Gasteiger charge is -2.42. The van der Waals surface area contributed by atoms with Gasteiger partial charge in [0.15, 0.2) is 0 Å². The van der Waals surface area contributed by atoms with E-state index in [4.69, 9.17) is 8.92 Å². The molecule has 13 heteroatoms. The highest BCUT2D eigenvalue weighted by atomic mass is 32.2. The number of carbonyl (C=O) groups excluding carboxylic acids is 1. The molecule has 0 N–H and O–H groups in total. The number of anilines is 1. The monoisotopic (exact) mass is 550 g/mol. The van der Waals surface area contributed by atoms with Gasteiger partial charge in [0.2, 0.25) is 0 Å². The molecule has 38 heavy (non-hydrogen) atoms. The van der Waals surface area contributed by atoms with Crippen molar-refractivity contribution in [3.05, 3.63) is 76.4 Å². The molecule has 5 rings (SSSR count). The number of ether oxygens (including phenoxy) is 1. The van der Waals surface area contributed by atoms with Crippen molar-refractivity contribution in [3.63, 3.8) is 0 Å². The molecule has 1 saturated heterocycles. The van der Waals surface area contributed by atoms with Gasteiger partial charge < -0.3 is 14.2 Å². The Balaban J connectivity index is 1.50. The Morgan fingerprint density at radius 2 is 1.95 bits per heavy atom. The van der Waals surface area contributed by atoms with E-state index in [1.165, 1.54) is 17.9 Å². The van der Waals surface area contributed by atoms with Crippen LogP contribution in [0.3, 0.4) is 0 Å². The molecule has 1 unspecified atom stereocenters. The Kier molecular flexibility index (Phi) is 6.35. The molecule has 9 nitrogen and oxygen atoms in total. The SMILES string of the molecule is CC(OS(C)(=O)=O)c1cc2c(c(C(F)(F)F)c1)CN(c1cccc(C3(Cc4nncn4C)COC3)c1)C2=O. The van der Waals surface area contributed by atoms with Crippen LogP contribution in [0.25, 0.3) is 0 Å². The average Bonchev–Trinajstić information content (AvgIpc) is 3.36. The maximum Gasteiger partial charge on any atom is 0.416 e. The van der Waals surface area contributed by atoms with Crippen molar-refractivity contribution in [2.24, 2.45) is 7.05 Å². The fraction of sp³-hybridized carbons (Fsp3) is 0.400. The molecule has 1 atom stereocenters. The Bertz CT molecular complexity index is 1520. The highest BCUT2D eigenvalue weighted by molar-refractivity contribution is 7.86. The van der Waals surface area contributed by atoms with Gasteiger partial charge in [-0.05, 0) is 47.9 Å². The summed E-state index contributed by atoms with van der Waals surface area (Å²) in [5, 5.41) is 8.09. The van der Waals surface area contributed by atoms with Gasteiger partial charge in [-0.2, -0.15) is 21.6 Å². The Hall–Kier alpha value is -3.29. The molecule has 1 aromatic heterocycles. The first-order valence-electron chi connectivity index (χ1n) is 11.7. The van der Waals surface area contributed by atoms with Crippen LogP contribution in [0.5, 0.6) is 0 Å². The summed E-state index contributed by atoms with van der Waals surface area (Å²) in [4.78, 5) is 14.7. The summed E-state index contributed by atoms with van der Waals surface area (Å²) in [7, 11) is -2.09. The number of hydrogen-bond acceptors (Lipinski definition) is 7. The third-order valence-corrected chi connectivity index (χ3v) is 7.62. The molecule has 2 aromatic carbocycles. The van der Waals surface area contributed by atoms with Crippen molar-refractivity contribution >= 4 is 21.7 Å². The van der Waals surface area contributed by atoms with Gasteiger partial charge in [-0.3, -0.25) is 8.98 Å². The van der Waals surface area contributed by atoms with Gasteiger partial charge in [0.25, 0.3) is 16.0 Å². The maximum atomic E-state index is 14.1. The number of amides is 1. The van der Waals surface area contributed by atoms with Crippen LogP contribution in [0, 0.1) is 0 Å². The van der Waals surface area contributed by atoms with Gasteiger partial charge in [0, 0.05) is 30.1 Å². The molecule has 0 bridgehead atoms. The smallest absolute Gasteiger partial charge is 0.379 e. The first-order chi connectivity index (χ1) is 17.8. The summed E-state index contributed by atoms with van der Waals surface area (Å²) in [6.45, 7) is 1.90. The van der Waals surface area contributed by atoms with Gasteiger partial charge >= 0.3 is 6.18 Å². The number of aryl methyl sites for hydroxylation is 1. The van der Waals surface area contributed by atoms with Crippen LogP contribution in [-0.4, -0.2) is 48.6 Å². The molecule has 1 amide bonds. The molecule has 2 aliphatic heterocycles. The number of carbonyl (C=O) groups is 1. The molecule has 0 saturated carbocycles. The molecular weight excluding hydrogens is 525 g/mol. The minimum atomic E-state index is -4.76. The molecule has 1 fully saturated rings. The van der Waals surface area contributed by atoms with Crippen LogP contribution >= 0.6 is 0 Å². The van der Waals surface area contributed by atoms with E-state index in [1.807, 2.05) is 17.7 Å². The third-order valence-electron chi connectivity index (χ3n) is 6.99. The second-order valence-corrected chi connectivity index (χ2v) is 11.4. The van der Waals surface area contributed by atoms with Gasteiger partial charge in [0.05, 0.1) is 37.7 Å². The van der Waals surface area contributed by atoms with Crippen molar-refractivity contribution < 1.29 is 35.3 Å². The summed E-state index contributed by atoms with van der Waals surface area (Å²) >= 11 is 0. The van der Waals surface area contributed by atoms with E-state index in [0.29, 0.717) is 25.3 Å². The van der Waals surface area contributed by atoms with Crippen molar-refractivity contribution in [1.29, 1.82) is 0 Å². The Morgan fingerprint density at radius 1 is 1.21 bits per heavy atom. The minimum Gasteiger partial charge on any atom is -0.379 e. The van der Waals surface area contributed by atoms with Crippen LogP contribution in [-0.2, 0) is 50.6 Å². The molecule has 0 radical (unpaired) electrons. The predicted molar refractivity (Wildman–Crippen MR) is 130 cm³/mol. The van der Waals surface area contributed by atoms with Crippen molar-refractivity contribution in [2.75, 3.05) is 24.4 Å². The number of alkyl halides is 3. The zero-order chi connectivity index (χ0) is 27.5. The average molecular weight is 551 g/mol. The van der Waals surface area contributed by atoms with E-state index in [0.717, 1.165) is 23.7 Å². The number of hydrogen-bond donors (Lipinski definition) is 0. The Labute approximate surface area is 217 Å². The molecule has 0 aliphatic carbocycles. The van der Waals surface area contributed by atoms with Gasteiger partial charge in [-0.25, -0.2) is 0 Å². The highest BCUT2D eigenvalue weighted by Crippen LogP contribution is 2.42. The number of fused-ring (bicyclic) bond motifs is 1. The minimum absolute atomic E-state index is 0.0558. The quantitative estimate of drug-likeness (QED) is 0.415. The standard InChI is InChI=1S/C25H25F3N4O5S/c1-15(37-38(3,34)35)16-7-19-20(21(8-16)25(26,27)28)11-32(23(19)33)18-6-4-5-17(9-18)24(12-36-13-24)10-22-30-29-14-31(22)2/h4-9,14-15H,10-13H2,1-3H3. The van der Waals surface area contributed by atoms with Crippen LogP contribution in [0.1, 0.15) is 51.5 Å². The second-order valence-electron chi connectivity index (χ2n) is 9.78. The molecule has 2 aliphatic rings. The van der Waals surface area contributed by atoms with Gasteiger partial charge in [0.1, 0.15) is 12.2 Å². The lowest BCUT2D eigenvalue weighted by Crippen LogP contribution is -2.49.